The van der Waals surface area contributed by atoms with Crippen molar-refractivity contribution in [1.29, 1.82) is 0 Å². The van der Waals surface area contributed by atoms with E-state index in [4.69, 9.17) is 4.98 Å². The van der Waals surface area contributed by atoms with Crippen LogP contribution in [0.15, 0.2) is 60.7 Å². The average molecular weight is 369 g/mol. The molecule has 0 amide bonds. The Morgan fingerprint density at radius 3 is 1.86 bits per heavy atom. The van der Waals surface area contributed by atoms with Gasteiger partial charge >= 0.3 is 0 Å². The summed E-state index contributed by atoms with van der Waals surface area (Å²) in [4.78, 5) is 4.85. The summed E-state index contributed by atoms with van der Waals surface area (Å²) in [7, 11) is 0. The summed E-state index contributed by atoms with van der Waals surface area (Å²) in [5.41, 5.74) is 7.48. The zero-order chi connectivity index (χ0) is 20.5. The van der Waals surface area contributed by atoms with Crippen LogP contribution in [0.4, 0.5) is 0 Å². The van der Waals surface area contributed by atoms with Gasteiger partial charge in [-0.25, -0.2) is 4.98 Å². The standard InChI is InChI=1S/C28H19N/c1-4-5-6-7-8-9-10-12-24-15-17-25(18-16-24)27-13-11-14-28(29-27)26-20-22(2)19-23(3)21-26/h11,13-21H,1-3H3. The van der Waals surface area contributed by atoms with Gasteiger partial charge in [0.1, 0.15) is 0 Å². The highest BCUT2D eigenvalue weighted by Gasteiger charge is 2.04. The Morgan fingerprint density at radius 2 is 1.21 bits per heavy atom. The Hall–Kier alpha value is -4.17. The predicted octanol–water partition coefficient (Wildman–Crippen LogP) is 5.41. The Kier molecular flexibility index (Phi) is 6.53. The molecule has 136 valence electrons. The van der Waals surface area contributed by atoms with Gasteiger partial charge in [0.05, 0.1) is 11.4 Å². The molecule has 0 N–H and O–H groups in total. The van der Waals surface area contributed by atoms with Crippen molar-refractivity contribution in [3.8, 4) is 69.9 Å². The third-order valence-corrected chi connectivity index (χ3v) is 4.09. The summed E-state index contributed by atoms with van der Waals surface area (Å²) in [6.45, 7) is 5.95. The molecule has 0 bridgehead atoms. The van der Waals surface area contributed by atoms with E-state index in [1.807, 2.05) is 42.5 Å². The van der Waals surface area contributed by atoms with E-state index in [9.17, 15) is 0 Å². The quantitative estimate of drug-likeness (QED) is 0.550. The van der Waals surface area contributed by atoms with E-state index in [0.29, 0.717) is 0 Å². The Balaban J connectivity index is 1.80. The molecule has 2 aromatic carbocycles. The third-order valence-electron chi connectivity index (χ3n) is 4.09. The monoisotopic (exact) mass is 369 g/mol. The molecular formula is C28H19N. The minimum absolute atomic E-state index is 0.898. The van der Waals surface area contributed by atoms with Crippen molar-refractivity contribution in [2.75, 3.05) is 0 Å². The van der Waals surface area contributed by atoms with Crippen molar-refractivity contribution < 1.29 is 0 Å². The summed E-state index contributed by atoms with van der Waals surface area (Å²) in [5, 5.41) is 0. The van der Waals surface area contributed by atoms with Crippen molar-refractivity contribution in [3.05, 3.63) is 77.4 Å². The Bertz CT molecular complexity index is 1260. The number of pyridine rings is 1. The topological polar surface area (TPSA) is 12.9 Å². The van der Waals surface area contributed by atoms with Crippen LogP contribution in [0.2, 0.25) is 0 Å². The summed E-state index contributed by atoms with van der Waals surface area (Å²) in [5.74, 6) is 21.8. The maximum Gasteiger partial charge on any atom is 0.0709 e. The molecule has 0 spiro atoms. The second-order valence-corrected chi connectivity index (χ2v) is 6.49. The minimum atomic E-state index is 0.898. The molecule has 29 heavy (non-hydrogen) atoms. The van der Waals surface area contributed by atoms with Gasteiger partial charge in [-0.3, -0.25) is 0 Å². The fourth-order valence-corrected chi connectivity index (χ4v) is 2.89. The largest absolute Gasteiger partial charge is 0.248 e. The number of rotatable bonds is 2. The molecule has 0 aliphatic carbocycles. The molecule has 0 unspecified atom stereocenters. The number of nitrogens with zero attached hydrogens (tertiary/aromatic N) is 1. The van der Waals surface area contributed by atoms with Crippen LogP contribution in [0.25, 0.3) is 22.5 Å². The third kappa shape index (κ3) is 5.65. The second-order valence-electron chi connectivity index (χ2n) is 6.49. The first-order valence-corrected chi connectivity index (χ1v) is 9.24. The molecule has 3 aromatic rings. The van der Waals surface area contributed by atoms with Crippen molar-refractivity contribution in [3.63, 3.8) is 0 Å². The smallest absolute Gasteiger partial charge is 0.0709 e. The van der Waals surface area contributed by atoms with Gasteiger partial charge in [-0.2, -0.15) is 0 Å². The predicted molar refractivity (Wildman–Crippen MR) is 120 cm³/mol. The number of benzene rings is 2. The van der Waals surface area contributed by atoms with Crippen molar-refractivity contribution in [1.82, 2.24) is 4.98 Å². The number of aromatic nitrogens is 1. The summed E-state index contributed by atoms with van der Waals surface area (Å²) in [6, 6.07) is 20.6. The summed E-state index contributed by atoms with van der Waals surface area (Å²) >= 11 is 0. The molecule has 0 atom stereocenters. The maximum absolute atomic E-state index is 4.85. The fraction of sp³-hybridized carbons (Fsp3) is 0.107. The van der Waals surface area contributed by atoms with Crippen LogP contribution in [0, 0.1) is 61.2 Å². The zero-order valence-electron chi connectivity index (χ0n) is 16.7. The number of hydrogen-bond acceptors (Lipinski definition) is 1. The number of aryl methyl sites for hydroxylation is 2. The molecule has 1 heteroatoms. The van der Waals surface area contributed by atoms with Crippen LogP contribution in [0.3, 0.4) is 0 Å². The first-order valence-electron chi connectivity index (χ1n) is 9.24. The van der Waals surface area contributed by atoms with Crippen LogP contribution >= 0.6 is 0 Å². The zero-order valence-corrected chi connectivity index (χ0v) is 16.7. The van der Waals surface area contributed by atoms with Gasteiger partial charge in [0.2, 0.25) is 0 Å². The lowest BCUT2D eigenvalue weighted by molar-refractivity contribution is 1.30. The van der Waals surface area contributed by atoms with E-state index in [-0.39, 0.29) is 0 Å². The molecule has 0 aliphatic rings. The van der Waals surface area contributed by atoms with Gasteiger partial charge in [-0.1, -0.05) is 47.2 Å². The molecule has 0 radical (unpaired) electrons. The molecule has 1 nitrogen and oxygen atoms in total. The van der Waals surface area contributed by atoms with Crippen LogP contribution in [-0.4, -0.2) is 4.98 Å². The molecule has 0 fully saturated rings. The lowest BCUT2D eigenvalue weighted by Crippen LogP contribution is -1.89. The number of hydrogen-bond donors (Lipinski definition) is 0. The SMILES string of the molecule is CC#CC#CC#CC#Cc1ccc(-c2cccc(-c3cc(C)cc(C)c3)n2)cc1. The molecule has 0 aliphatic heterocycles. The maximum atomic E-state index is 4.85. The Labute approximate surface area is 173 Å². The first kappa shape index (κ1) is 19.6. The van der Waals surface area contributed by atoms with E-state index in [1.165, 1.54) is 11.1 Å². The lowest BCUT2D eigenvalue weighted by Gasteiger charge is -2.07. The van der Waals surface area contributed by atoms with Gasteiger partial charge in [-0.15, -0.1) is 0 Å². The van der Waals surface area contributed by atoms with Gasteiger partial charge in [0.15, 0.2) is 0 Å². The first-order chi connectivity index (χ1) is 14.2. The summed E-state index contributed by atoms with van der Waals surface area (Å²) in [6.07, 6.45) is 0. The van der Waals surface area contributed by atoms with E-state index in [0.717, 1.165) is 28.1 Å². The highest BCUT2D eigenvalue weighted by molar-refractivity contribution is 5.67. The molecule has 0 saturated carbocycles. The van der Waals surface area contributed by atoms with E-state index < -0.39 is 0 Å². The van der Waals surface area contributed by atoms with Gasteiger partial charge in [0, 0.05) is 16.7 Å². The second kappa shape index (κ2) is 9.67. The summed E-state index contributed by atoms with van der Waals surface area (Å²) < 4.78 is 0. The van der Waals surface area contributed by atoms with E-state index >= 15 is 0 Å². The molecule has 1 aromatic heterocycles. The lowest BCUT2D eigenvalue weighted by atomic mass is 10.0. The molecule has 0 saturated heterocycles. The normalized spacial score (nSPS) is 8.79. The molecule has 3 rings (SSSR count). The Morgan fingerprint density at radius 1 is 0.621 bits per heavy atom. The van der Waals surface area contributed by atoms with E-state index in [2.05, 4.69) is 79.4 Å². The molecule has 1 heterocycles. The van der Waals surface area contributed by atoms with Crippen LogP contribution in [0.1, 0.15) is 23.6 Å². The van der Waals surface area contributed by atoms with Crippen LogP contribution in [-0.2, 0) is 0 Å². The van der Waals surface area contributed by atoms with Gasteiger partial charge in [0.25, 0.3) is 0 Å². The van der Waals surface area contributed by atoms with Crippen molar-refractivity contribution in [2.24, 2.45) is 0 Å². The minimum Gasteiger partial charge on any atom is -0.248 e. The van der Waals surface area contributed by atoms with Crippen molar-refractivity contribution >= 4 is 0 Å². The van der Waals surface area contributed by atoms with Gasteiger partial charge in [-0.05, 0) is 92.7 Å². The highest BCUT2D eigenvalue weighted by Crippen LogP contribution is 2.24. The average Bonchev–Trinajstić information content (AvgIpc) is 2.73. The van der Waals surface area contributed by atoms with Gasteiger partial charge < -0.3 is 0 Å². The van der Waals surface area contributed by atoms with Crippen LogP contribution < -0.4 is 0 Å². The fourth-order valence-electron chi connectivity index (χ4n) is 2.89. The van der Waals surface area contributed by atoms with E-state index in [1.54, 1.807) is 6.92 Å². The van der Waals surface area contributed by atoms with Crippen molar-refractivity contribution in [2.45, 2.75) is 20.8 Å². The molecular weight excluding hydrogens is 350 g/mol. The highest BCUT2D eigenvalue weighted by atomic mass is 14.7. The van der Waals surface area contributed by atoms with Crippen LogP contribution in [0.5, 0.6) is 0 Å².